The van der Waals surface area contributed by atoms with Gasteiger partial charge in [0, 0.05) is 60.7 Å². The molecule has 10 aromatic rings. The summed E-state index contributed by atoms with van der Waals surface area (Å²) in [6, 6.07) is 54.7. The molecule has 0 atom stereocenters. The van der Waals surface area contributed by atoms with Crippen molar-refractivity contribution in [1.82, 2.24) is 14.4 Å². The Labute approximate surface area is 320 Å². The minimum Gasteiger partial charge on any atom is -0.507 e. The predicted octanol–water partition coefficient (Wildman–Crippen LogP) is 11.9. The molecule has 0 aliphatic rings. The summed E-state index contributed by atoms with van der Waals surface area (Å²) in [7, 11) is 0. The van der Waals surface area contributed by atoms with E-state index in [1.807, 2.05) is 60.7 Å². The van der Waals surface area contributed by atoms with Gasteiger partial charge < -0.3 is 13.9 Å². The molecule has 10 rings (SSSR count). The Bertz CT molecular complexity index is 2940. The molecule has 6 aromatic carbocycles. The average molecular weight is 864 g/mol. The summed E-state index contributed by atoms with van der Waals surface area (Å²) in [5, 5.41) is 15.2. The van der Waals surface area contributed by atoms with Crippen LogP contribution in [-0.4, -0.2) is 19.5 Å². The summed E-state index contributed by atoms with van der Waals surface area (Å²) in [6.45, 7) is 2.11. The third-order valence-electron chi connectivity index (χ3n) is 9.95. The minimum absolute atomic E-state index is 0. The van der Waals surface area contributed by atoms with Gasteiger partial charge in [0.05, 0.1) is 11.3 Å². The van der Waals surface area contributed by atoms with Crippen molar-refractivity contribution in [2.75, 3.05) is 0 Å². The Kier molecular flexibility index (Phi) is 8.02. The number of fused-ring (bicyclic) bond motifs is 6. The molecule has 6 heteroatoms. The van der Waals surface area contributed by atoms with Crippen LogP contribution in [0.5, 0.6) is 5.75 Å². The molecule has 0 spiro atoms. The second-order valence-corrected chi connectivity index (χ2v) is 13.1. The van der Waals surface area contributed by atoms with Crippen LogP contribution >= 0.6 is 0 Å². The quantitative estimate of drug-likeness (QED) is 0.175. The van der Waals surface area contributed by atoms with E-state index in [1.54, 1.807) is 6.07 Å². The zero-order valence-corrected chi connectivity index (χ0v) is 30.8. The van der Waals surface area contributed by atoms with Crippen LogP contribution in [0.2, 0.25) is 0 Å². The molecule has 53 heavy (non-hydrogen) atoms. The molecule has 0 saturated carbocycles. The van der Waals surface area contributed by atoms with E-state index in [4.69, 9.17) is 14.4 Å². The van der Waals surface area contributed by atoms with Crippen molar-refractivity contribution in [2.24, 2.45) is 0 Å². The Morgan fingerprint density at radius 2 is 1.32 bits per heavy atom. The summed E-state index contributed by atoms with van der Waals surface area (Å²) in [6.07, 6.45) is 2.11. The second kappa shape index (κ2) is 13.0. The maximum absolute atomic E-state index is 11.0. The fraction of sp³-hybridized carbons (Fsp3) is 0.0213. The van der Waals surface area contributed by atoms with Crippen molar-refractivity contribution in [3.63, 3.8) is 0 Å². The van der Waals surface area contributed by atoms with Crippen LogP contribution in [0.3, 0.4) is 0 Å². The summed E-state index contributed by atoms with van der Waals surface area (Å²) in [4.78, 5) is 10.6. The standard InChI is InChI=1S/C47H30N3O2.Pt/c1-29-13-5-7-17-34(29)32-27-40(37-20-9-11-21-42(37)51)48-41(28-32)39-26-33(25-38-36-19-10-12-22-43(36)52-46(38)39)44-45(31-15-3-2-4-16-31)50-24-23-30-14-6-8-18-35(30)47(50)49-44;/h2-25,27-28,51H,1H3;/q-1;. The molecule has 0 amide bonds. The molecule has 0 aliphatic heterocycles. The summed E-state index contributed by atoms with van der Waals surface area (Å²) in [5.74, 6) is 0.166. The van der Waals surface area contributed by atoms with Crippen LogP contribution in [-0.2, 0) is 21.1 Å². The van der Waals surface area contributed by atoms with Crippen molar-refractivity contribution in [2.45, 2.75) is 6.92 Å². The first-order valence-electron chi connectivity index (χ1n) is 17.3. The van der Waals surface area contributed by atoms with Gasteiger partial charge in [0.2, 0.25) is 0 Å². The van der Waals surface area contributed by atoms with Crippen LogP contribution in [0.1, 0.15) is 5.56 Å². The summed E-state index contributed by atoms with van der Waals surface area (Å²) in [5.41, 5.74) is 11.9. The van der Waals surface area contributed by atoms with Gasteiger partial charge in [-0.05, 0) is 70.3 Å². The molecule has 0 radical (unpaired) electrons. The van der Waals surface area contributed by atoms with E-state index in [0.29, 0.717) is 22.5 Å². The van der Waals surface area contributed by atoms with Crippen molar-refractivity contribution in [1.29, 1.82) is 0 Å². The van der Waals surface area contributed by atoms with Gasteiger partial charge in [0.25, 0.3) is 0 Å². The van der Waals surface area contributed by atoms with E-state index in [2.05, 4.69) is 109 Å². The van der Waals surface area contributed by atoms with Gasteiger partial charge in [-0.15, -0.1) is 12.1 Å². The van der Waals surface area contributed by atoms with Gasteiger partial charge in [-0.25, -0.2) is 0 Å². The molecule has 1 N–H and O–H groups in total. The number of pyridine rings is 2. The van der Waals surface area contributed by atoms with Crippen LogP contribution in [0.15, 0.2) is 162 Å². The first-order valence-corrected chi connectivity index (χ1v) is 17.3. The third kappa shape index (κ3) is 5.44. The topological polar surface area (TPSA) is 63.6 Å². The maximum Gasteiger partial charge on any atom is 0.137 e. The SMILES string of the molecule is Cc1ccccc1-c1cc(-c2ccccc2O)nc(-c2[c-]c(-c3nc4c5ccccc5ccn4c3-c3ccccc3)cc3c2oc2ccccc23)c1.[Pt]. The van der Waals surface area contributed by atoms with Crippen molar-refractivity contribution in [3.8, 4) is 61.9 Å². The number of phenolic OH excluding ortho intramolecular Hbond substituents is 1. The van der Waals surface area contributed by atoms with E-state index in [0.717, 1.165) is 77.5 Å². The van der Waals surface area contributed by atoms with Gasteiger partial charge in [-0.2, -0.15) is 0 Å². The normalized spacial score (nSPS) is 11.4. The average Bonchev–Trinajstić information content (AvgIpc) is 3.77. The molecule has 0 bridgehead atoms. The van der Waals surface area contributed by atoms with Gasteiger partial charge in [-0.1, -0.05) is 126 Å². The van der Waals surface area contributed by atoms with Gasteiger partial charge in [0.15, 0.2) is 0 Å². The molecule has 256 valence electrons. The van der Waals surface area contributed by atoms with Crippen molar-refractivity contribution in [3.05, 3.63) is 169 Å². The third-order valence-corrected chi connectivity index (χ3v) is 9.95. The van der Waals surface area contributed by atoms with Gasteiger partial charge >= 0.3 is 0 Å². The first-order chi connectivity index (χ1) is 25.6. The van der Waals surface area contributed by atoms with E-state index >= 15 is 0 Å². The Morgan fingerprint density at radius 3 is 2.15 bits per heavy atom. The van der Waals surface area contributed by atoms with E-state index in [1.165, 1.54) is 0 Å². The number of phenols is 1. The van der Waals surface area contributed by atoms with Crippen molar-refractivity contribution < 1.29 is 30.6 Å². The molecular formula is C47H30N3O2Pt-. The monoisotopic (exact) mass is 863 g/mol. The fourth-order valence-electron chi connectivity index (χ4n) is 7.44. The molecule has 4 aromatic heterocycles. The largest absolute Gasteiger partial charge is 0.507 e. The van der Waals surface area contributed by atoms with Crippen LogP contribution < -0.4 is 0 Å². The Balaban J connectivity index is 0.00000372. The number of rotatable bonds is 5. The number of aryl methyl sites for hydroxylation is 1. The number of aromatic hydroxyl groups is 1. The molecular weight excluding hydrogens is 834 g/mol. The maximum atomic E-state index is 11.0. The molecule has 4 heterocycles. The zero-order valence-electron chi connectivity index (χ0n) is 28.5. The van der Waals surface area contributed by atoms with Crippen LogP contribution in [0.4, 0.5) is 0 Å². The van der Waals surface area contributed by atoms with Crippen LogP contribution in [0.25, 0.3) is 94.5 Å². The van der Waals surface area contributed by atoms with Gasteiger partial charge in [-0.3, -0.25) is 9.97 Å². The number of furan rings is 1. The molecule has 0 saturated heterocycles. The molecule has 0 aliphatic carbocycles. The number of nitrogens with zero attached hydrogens (tertiary/aromatic N) is 3. The van der Waals surface area contributed by atoms with Crippen LogP contribution in [0, 0.1) is 13.0 Å². The molecule has 5 nitrogen and oxygen atoms in total. The Hall–Kier alpha value is -6.29. The number of imidazole rings is 1. The Morgan fingerprint density at radius 1 is 0.623 bits per heavy atom. The fourth-order valence-corrected chi connectivity index (χ4v) is 7.44. The number of aromatic nitrogens is 3. The number of benzene rings is 6. The molecule has 0 unspecified atom stereocenters. The first kappa shape index (κ1) is 32.6. The zero-order chi connectivity index (χ0) is 34.8. The van der Waals surface area contributed by atoms with Crippen molar-refractivity contribution >= 4 is 38.4 Å². The molecule has 0 fully saturated rings. The smallest absolute Gasteiger partial charge is 0.137 e. The number of para-hydroxylation sites is 2. The summed E-state index contributed by atoms with van der Waals surface area (Å²) >= 11 is 0. The van der Waals surface area contributed by atoms with E-state index in [-0.39, 0.29) is 26.8 Å². The number of hydrogen-bond donors (Lipinski definition) is 1. The predicted molar refractivity (Wildman–Crippen MR) is 210 cm³/mol. The minimum atomic E-state index is 0. The van der Waals surface area contributed by atoms with E-state index < -0.39 is 0 Å². The number of hydrogen-bond acceptors (Lipinski definition) is 4. The van der Waals surface area contributed by atoms with Gasteiger partial charge in [0.1, 0.15) is 17.0 Å². The second-order valence-electron chi connectivity index (χ2n) is 13.1. The summed E-state index contributed by atoms with van der Waals surface area (Å²) < 4.78 is 8.84. The van der Waals surface area contributed by atoms with E-state index in [9.17, 15) is 5.11 Å².